The fraction of sp³-hybridized carbons (Fsp3) is 0.933. The summed E-state index contributed by atoms with van der Waals surface area (Å²) in [6.07, 6.45) is 2.05. The van der Waals surface area contributed by atoms with Crippen molar-refractivity contribution in [3.8, 4) is 0 Å². The van der Waals surface area contributed by atoms with E-state index in [4.69, 9.17) is 9.47 Å². The van der Waals surface area contributed by atoms with Crippen molar-refractivity contribution in [3.63, 3.8) is 0 Å². The Morgan fingerprint density at radius 1 is 1.30 bits per heavy atom. The molecule has 118 valence electrons. The SMILES string of the molecule is COCCN1CCC(CN(C)C(=O)OC(C)(C)C)CC1. The molecule has 0 spiro atoms. The monoisotopic (exact) mass is 286 g/mol. The number of nitrogens with zero attached hydrogens (tertiary/aromatic N) is 2. The van der Waals surface area contributed by atoms with Gasteiger partial charge in [-0.25, -0.2) is 4.79 Å². The van der Waals surface area contributed by atoms with Crippen LogP contribution in [0.5, 0.6) is 0 Å². The predicted octanol–water partition coefficient (Wildman–Crippen LogP) is 2.21. The highest BCUT2D eigenvalue weighted by atomic mass is 16.6. The average molecular weight is 286 g/mol. The maximum Gasteiger partial charge on any atom is 0.410 e. The van der Waals surface area contributed by atoms with Gasteiger partial charge in [0.1, 0.15) is 5.60 Å². The smallest absolute Gasteiger partial charge is 0.410 e. The molecule has 1 fully saturated rings. The summed E-state index contributed by atoms with van der Waals surface area (Å²) in [7, 11) is 3.56. The van der Waals surface area contributed by atoms with Gasteiger partial charge in [-0.15, -0.1) is 0 Å². The molecule has 1 heterocycles. The van der Waals surface area contributed by atoms with Crippen molar-refractivity contribution in [2.45, 2.75) is 39.2 Å². The number of likely N-dealkylation sites (tertiary alicyclic amines) is 1. The second-order valence-electron chi connectivity index (χ2n) is 6.64. The van der Waals surface area contributed by atoms with Gasteiger partial charge in [-0.1, -0.05) is 0 Å². The summed E-state index contributed by atoms with van der Waals surface area (Å²) < 4.78 is 10.5. The molecule has 0 N–H and O–H groups in total. The Balaban J connectivity index is 2.27. The fourth-order valence-electron chi connectivity index (χ4n) is 2.41. The van der Waals surface area contributed by atoms with Crippen LogP contribution in [0.2, 0.25) is 0 Å². The molecule has 0 radical (unpaired) electrons. The van der Waals surface area contributed by atoms with Crippen LogP contribution in [0.1, 0.15) is 33.6 Å². The number of hydrogen-bond acceptors (Lipinski definition) is 4. The lowest BCUT2D eigenvalue weighted by molar-refractivity contribution is 0.0246. The van der Waals surface area contributed by atoms with Crippen LogP contribution >= 0.6 is 0 Å². The van der Waals surface area contributed by atoms with Crippen LogP contribution < -0.4 is 0 Å². The lowest BCUT2D eigenvalue weighted by atomic mass is 9.96. The third-order valence-corrected chi connectivity index (χ3v) is 3.56. The third-order valence-electron chi connectivity index (χ3n) is 3.56. The second-order valence-corrected chi connectivity index (χ2v) is 6.64. The molecule has 1 amide bonds. The van der Waals surface area contributed by atoms with Gasteiger partial charge in [-0.2, -0.15) is 0 Å². The summed E-state index contributed by atoms with van der Waals surface area (Å²) >= 11 is 0. The van der Waals surface area contributed by atoms with Gasteiger partial charge in [0.15, 0.2) is 0 Å². The van der Waals surface area contributed by atoms with E-state index in [1.165, 1.54) is 0 Å². The normalized spacial score (nSPS) is 18.1. The maximum atomic E-state index is 11.9. The van der Waals surface area contributed by atoms with Gasteiger partial charge in [0, 0.05) is 27.2 Å². The van der Waals surface area contributed by atoms with E-state index in [9.17, 15) is 4.79 Å². The van der Waals surface area contributed by atoms with E-state index in [0.717, 1.165) is 45.6 Å². The van der Waals surface area contributed by atoms with Crippen LogP contribution in [0.4, 0.5) is 4.79 Å². The molecule has 0 aromatic rings. The molecule has 0 saturated carbocycles. The standard InChI is InChI=1S/C15H30N2O3/c1-15(2,3)20-14(18)16(4)12-13-6-8-17(9-7-13)10-11-19-5/h13H,6-12H2,1-5H3. The van der Waals surface area contributed by atoms with Gasteiger partial charge in [-0.3, -0.25) is 0 Å². The molecular formula is C15H30N2O3. The quantitative estimate of drug-likeness (QED) is 0.777. The van der Waals surface area contributed by atoms with Gasteiger partial charge in [0.05, 0.1) is 6.61 Å². The highest BCUT2D eigenvalue weighted by Crippen LogP contribution is 2.19. The predicted molar refractivity (Wildman–Crippen MR) is 79.9 cm³/mol. The maximum absolute atomic E-state index is 11.9. The highest BCUT2D eigenvalue weighted by molar-refractivity contribution is 5.67. The van der Waals surface area contributed by atoms with E-state index < -0.39 is 5.60 Å². The number of methoxy groups -OCH3 is 1. The van der Waals surface area contributed by atoms with Crippen molar-refractivity contribution in [2.75, 3.05) is 46.9 Å². The first-order chi connectivity index (χ1) is 9.31. The third kappa shape index (κ3) is 6.57. The number of hydrogen-bond donors (Lipinski definition) is 0. The van der Waals surface area contributed by atoms with E-state index in [0.29, 0.717) is 5.92 Å². The summed E-state index contributed by atoms with van der Waals surface area (Å²) in [6.45, 7) is 10.5. The Labute approximate surface area is 123 Å². The van der Waals surface area contributed by atoms with Gasteiger partial charge < -0.3 is 19.3 Å². The Bertz CT molecular complexity index is 294. The number of piperidine rings is 1. The summed E-state index contributed by atoms with van der Waals surface area (Å²) in [4.78, 5) is 16.0. The summed E-state index contributed by atoms with van der Waals surface area (Å²) in [6, 6.07) is 0. The van der Waals surface area contributed by atoms with Crippen LogP contribution in [-0.2, 0) is 9.47 Å². The molecule has 0 aromatic heterocycles. The molecule has 5 heteroatoms. The van der Waals surface area contributed by atoms with Crippen LogP contribution in [0.3, 0.4) is 0 Å². The molecule has 1 aliphatic rings. The first-order valence-electron chi connectivity index (χ1n) is 7.47. The van der Waals surface area contributed by atoms with Crippen LogP contribution in [0.25, 0.3) is 0 Å². The van der Waals surface area contributed by atoms with Crippen LogP contribution in [0.15, 0.2) is 0 Å². The summed E-state index contributed by atoms with van der Waals surface area (Å²) in [5.41, 5.74) is -0.422. The van der Waals surface area contributed by atoms with Gasteiger partial charge in [0.25, 0.3) is 0 Å². The van der Waals surface area contributed by atoms with E-state index >= 15 is 0 Å². The molecular weight excluding hydrogens is 256 g/mol. The van der Waals surface area contributed by atoms with E-state index in [2.05, 4.69) is 4.90 Å². The Hall–Kier alpha value is -0.810. The minimum atomic E-state index is -0.422. The minimum absolute atomic E-state index is 0.223. The molecule has 0 bridgehead atoms. The first kappa shape index (κ1) is 17.2. The number of rotatable bonds is 5. The number of carbonyl (C=O) groups excluding carboxylic acids is 1. The minimum Gasteiger partial charge on any atom is -0.444 e. The Morgan fingerprint density at radius 3 is 2.40 bits per heavy atom. The van der Waals surface area contributed by atoms with Gasteiger partial charge >= 0.3 is 6.09 Å². The number of carbonyl (C=O) groups is 1. The Kier molecular flexibility index (Phi) is 6.76. The molecule has 0 aromatic carbocycles. The van der Waals surface area contributed by atoms with Crippen molar-refractivity contribution < 1.29 is 14.3 Å². The van der Waals surface area contributed by atoms with Crippen LogP contribution in [0, 0.1) is 5.92 Å². The molecule has 0 aliphatic carbocycles. The fourth-order valence-corrected chi connectivity index (χ4v) is 2.41. The van der Waals surface area contributed by atoms with Crippen molar-refractivity contribution in [2.24, 2.45) is 5.92 Å². The lowest BCUT2D eigenvalue weighted by Crippen LogP contribution is -2.41. The number of ether oxygens (including phenoxy) is 2. The summed E-state index contributed by atoms with van der Waals surface area (Å²) in [5.74, 6) is 0.575. The van der Waals surface area contributed by atoms with Gasteiger partial charge in [-0.05, 0) is 52.6 Å². The first-order valence-corrected chi connectivity index (χ1v) is 7.47. The van der Waals surface area contributed by atoms with Crippen molar-refractivity contribution >= 4 is 6.09 Å². The van der Waals surface area contributed by atoms with E-state index in [-0.39, 0.29) is 6.09 Å². The van der Waals surface area contributed by atoms with Crippen LogP contribution in [-0.4, -0.2) is 68.4 Å². The van der Waals surface area contributed by atoms with Crippen molar-refractivity contribution in [1.29, 1.82) is 0 Å². The lowest BCUT2D eigenvalue weighted by Gasteiger charge is -2.34. The molecule has 1 rings (SSSR count). The Morgan fingerprint density at radius 2 is 1.90 bits per heavy atom. The zero-order valence-electron chi connectivity index (χ0n) is 13.6. The molecule has 1 aliphatic heterocycles. The van der Waals surface area contributed by atoms with E-state index in [1.54, 1.807) is 12.0 Å². The van der Waals surface area contributed by atoms with Gasteiger partial charge in [0.2, 0.25) is 0 Å². The molecule has 1 saturated heterocycles. The topological polar surface area (TPSA) is 42.0 Å². The largest absolute Gasteiger partial charge is 0.444 e. The van der Waals surface area contributed by atoms with Crippen molar-refractivity contribution in [1.82, 2.24) is 9.80 Å². The van der Waals surface area contributed by atoms with E-state index in [1.807, 2.05) is 27.8 Å². The molecule has 0 unspecified atom stereocenters. The summed E-state index contributed by atoms with van der Waals surface area (Å²) in [5, 5.41) is 0. The molecule has 5 nitrogen and oxygen atoms in total. The molecule has 0 atom stereocenters. The zero-order chi connectivity index (χ0) is 15.2. The zero-order valence-corrected chi connectivity index (χ0v) is 13.6. The number of amides is 1. The second kappa shape index (κ2) is 7.84. The highest BCUT2D eigenvalue weighted by Gasteiger charge is 2.24. The average Bonchev–Trinajstić information content (AvgIpc) is 2.36. The van der Waals surface area contributed by atoms with Crippen molar-refractivity contribution in [3.05, 3.63) is 0 Å². The molecule has 20 heavy (non-hydrogen) atoms.